The summed E-state index contributed by atoms with van der Waals surface area (Å²) in [5.41, 5.74) is 2.59. The first-order valence-electron chi connectivity index (χ1n) is 17.9. The first kappa shape index (κ1) is 34.6. The Bertz CT molecular complexity index is 2350. The molecule has 8 rings (SSSR count). The number of rotatable bonds is 7. The first-order valence-corrected chi connectivity index (χ1v) is 18.7. The Hall–Kier alpha value is -5.47. The number of benzene rings is 1. The van der Waals surface area contributed by atoms with Crippen LogP contribution in [0.15, 0.2) is 84.6 Å². The predicted octanol–water partition coefficient (Wildman–Crippen LogP) is 4.36. The van der Waals surface area contributed by atoms with Crippen molar-refractivity contribution in [1.29, 1.82) is 0 Å². The molecule has 2 atom stereocenters. The monoisotopic (exact) mass is 731 g/mol. The van der Waals surface area contributed by atoms with Crippen LogP contribution in [0.4, 0.5) is 0 Å². The first-order chi connectivity index (χ1) is 25.6. The summed E-state index contributed by atoms with van der Waals surface area (Å²) in [6.45, 7) is 5.48. The second-order valence-corrected chi connectivity index (χ2v) is 15.3. The van der Waals surface area contributed by atoms with Gasteiger partial charge in [0, 0.05) is 74.9 Å². The van der Waals surface area contributed by atoms with Gasteiger partial charge in [0.2, 0.25) is 5.91 Å². The number of hydrogen-bond acceptors (Lipinski definition) is 9. The van der Waals surface area contributed by atoms with E-state index >= 15 is 0 Å². The molecule has 0 bridgehead atoms. The van der Waals surface area contributed by atoms with E-state index in [4.69, 9.17) is 4.98 Å². The van der Waals surface area contributed by atoms with E-state index < -0.39 is 5.60 Å². The molecule has 2 fully saturated rings. The highest BCUT2D eigenvalue weighted by atomic mass is 32.1. The summed E-state index contributed by atoms with van der Waals surface area (Å²) >= 11 is 1.38. The van der Waals surface area contributed by atoms with Crippen LogP contribution in [-0.4, -0.2) is 92.1 Å². The summed E-state index contributed by atoms with van der Waals surface area (Å²) in [6.07, 6.45) is 9.75. The van der Waals surface area contributed by atoms with Gasteiger partial charge < -0.3 is 19.5 Å². The van der Waals surface area contributed by atoms with Crippen LogP contribution in [-0.2, 0) is 18.4 Å². The number of aromatic nitrogens is 7. The van der Waals surface area contributed by atoms with Crippen molar-refractivity contribution in [2.45, 2.75) is 51.2 Å². The third-order valence-electron chi connectivity index (χ3n) is 10.7. The topological polar surface area (TPSA) is 144 Å². The highest BCUT2D eigenvalue weighted by Gasteiger charge is 2.42. The standard InChI is InChI=1S/C39H41N9O4S/c1-25-9-10-28(19-40-25)35-43-26(2)33(53-35)38(51)46-15-11-29(31(20-46)27-7-5-4-6-8-27)36(49)45-17-13-39(52,14-18-45)22-47-24-42-34-30(37(47)50)12-16-48(34)32-21-44(3)23-41-32/h4-10,12,16,19,21,23-24,29,31,52H,11,13-15,17-18,20,22H2,1-3H3/t29-,31+/m1/s1. The van der Waals surface area contributed by atoms with Crippen LogP contribution >= 0.6 is 11.3 Å². The van der Waals surface area contributed by atoms with Crippen LogP contribution in [0.25, 0.3) is 27.4 Å². The van der Waals surface area contributed by atoms with Gasteiger partial charge in [-0.15, -0.1) is 11.3 Å². The molecule has 0 spiro atoms. The van der Waals surface area contributed by atoms with Gasteiger partial charge in [0.05, 0.1) is 29.6 Å². The number of piperidine rings is 2. The minimum absolute atomic E-state index is 0.0345. The van der Waals surface area contributed by atoms with Gasteiger partial charge in [-0.25, -0.2) is 15.0 Å². The number of aryl methyl sites for hydroxylation is 3. The number of carbonyl (C=O) groups is 2. The van der Waals surface area contributed by atoms with Crippen molar-refractivity contribution in [2.24, 2.45) is 13.0 Å². The van der Waals surface area contributed by atoms with E-state index in [1.165, 1.54) is 22.2 Å². The highest BCUT2D eigenvalue weighted by Crippen LogP contribution is 2.37. The van der Waals surface area contributed by atoms with E-state index in [-0.39, 0.29) is 35.8 Å². The maximum Gasteiger partial charge on any atom is 0.265 e. The Morgan fingerprint density at radius 3 is 2.47 bits per heavy atom. The molecule has 5 aromatic heterocycles. The van der Waals surface area contributed by atoms with Gasteiger partial charge in [-0.2, -0.15) is 0 Å². The number of likely N-dealkylation sites (tertiary alicyclic amines) is 2. The van der Waals surface area contributed by atoms with Gasteiger partial charge in [0.25, 0.3) is 11.5 Å². The Labute approximate surface area is 310 Å². The Morgan fingerprint density at radius 2 is 1.75 bits per heavy atom. The van der Waals surface area contributed by atoms with E-state index in [9.17, 15) is 19.5 Å². The van der Waals surface area contributed by atoms with Gasteiger partial charge in [0.1, 0.15) is 16.2 Å². The number of aliphatic hydroxyl groups is 1. The number of fused-ring (bicyclic) bond motifs is 1. The van der Waals surface area contributed by atoms with Crippen LogP contribution < -0.4 is 5.56 Å². The summed E-state index contributed by atoms with van der Waals surface area (Å²) in [5.74, 6) is 0.118. The molecule has 13 nitrogen and oxygen atoms in total. The lowest BCUT2D eigenvalue weighted by Gasteiger charge is -2.43. The largest absolute Gasteiger partial charge is 0.388 e. The Kier molecular flexibility index (Phi) is 9.03. The van der Waals surface area contributed by atoms with E-state index in [1.807, 2.05) is 83.9 Å². The van der Waals surface area contributed by atoms with Gasteiger partial charge in [-0.05, 0) is 56.9 Å². The molecule has 2 aliphatic rings. The molecular weight excluding hydrogens is 691 g/mol. The normalized spacial score (nSPS) is 18.8. The maximum atomic E-state index is 14.3. The summed E-state index contributed by atoms with van der Waals surface area (Å²) in [6, 6.07) is 15.6. The lowest BCUT2D eigenvalue weighted by molar-refractivity contribution is -0.142. The number of hydrogen-bond donors (Lipinski definition) is 1. The van der Waals surface area contributed by atoms with Crippen LogP contribution in [0.1, 0.15) is 51.8 Å². The van der Waals surface area contributed by atoms with Crippen molar-refractivity contribution in [3.63, 3.8) is 0 Å². The molecule has 0 unspecified atom stereocenters. The SMILES string of the molecule is Cc1ccc(-c2nc(C)c(C(=O)N3CC[C@@H](C(=O)N4CCC(O)(Cn5cnc6c(ccn6-c6cn(C)cn6)c5=O)CC4)[C@H](c4ccccc4)C3)s2)cn1. The Balaban J connectivity index is 0.953. The molecule has 0 aliphatic carbocycles. The number of carbonyl (C=O) groups excluding carboxylic acids is 2. The zero-order chi connectivity index (χ0) is 36.9. The number of amides is 2. The number of imidazole rings is 1. The van der Waals surface area contributed by atoms with E-state index in [0.29, 0.717) is 72.9 Å². The van der Waals surface area contributed by atoms with E-state index in [1.54, 1.807) is 29.4 Å². The minimum atomic E-state index is -1.17. The molecule has 6 aromatic rings. The fourth-order valence-corrected chi connectivity index (χ4v) is 8.68. The summed E-state index contributed by atoms with van der Waals surface area (Å²) in [5, 5.41) is 12.9. The van der Waals surface area contributed by atoms with Gasteiger partial charge in [-0.3, -0.25) is 28.5 Å². The zero-order valence-corrected chi connectivity index (χ0v) is 30.7. The molecule has 0 saturated carbocycles. The van der Waals surface area contributed by atoms with E-state index in [2.05, 4.69) is 15.0 Å². The summed E-state index contributed by atoms with van der Waals surface area (Å²) < 4.78 is 5.06. The average Bonchev–Trinajstić information content (AvgIpc) is 3.91. The molecule has 1 N–H and O–H groups in total. The zero-order valence-electron chi connectivity index (χ0n) is 29.9. The highest BCUT2D eigenvalue weighted by molar-refractivity contribution is 7.17. The van der Waals surface area contributed by atoms with Crippen LogP contribution in [0, 0.1) is 19.8 Å². The summed E-state index contributed by atoms with van der Waals surface area (Å²) in [7, 11) is 1.88. The van der Waals surface area contributed by atoms with Crippen LogP contribution in [0.3, 0.4) is 0 Å². The predicted molar refractivity (Wildman–Crippen MR) is 201 cm³/mol. The molecule has 7 heterocycles. The molecule has 2 aliphatic heterocycles. The van der Waals surface area contributed by atoms with Gasteiger partial charge >= 0.3 is 0 Å². The lowest BCUT2D eigenvalue weighted by Crippen LogP contribution is -2.53. The lowest BCUT2D eigenvalue weighted by atomic mass is 9.79. The van der Waals surface area contributed by atoms with Crippen molar-refractivity contribution < 1.29 is 14.7 Å². The molecule has 53 heavy (non-hydrogen) atoms. The number of thiazole rings is 1. The van der Waals surface area contributed by atoms with Gasteiger partial charge in [0.15, 0.2) is 11.5 Å². The molecule has 2 saturated heterocycles. The third-order valence-corrected chi connectivity index (χ3v) is 11.9. The van der Waals surface area contributed by atoms with Crippen LogP contribution in [0.2, 0.25) is 0 Å². The van der Waals surface area contributed by atoms with Crippen molar-refractivity contribution in [2.75, 3.05) is 26.2 Å². The smallest absolute Gasteiger partial charge is 0.265 e. The molecule has 0 radical (unpaired) electrons. The molecule has 2 amide bonds. The van der Waals surface area contributed by atoms with Crippen LogP contribution in [0.5, 0.6) is 0 Å². The Morgan fingerprint density at radius 1 is 0.962 bits per heavy atom. The quantitative estimate of drug-likeness (QED) is 0.255. The van der Waals surface area contributed by atoms with Crippen molar-refractivity contribution in [3.8, 4) is 16.4 Å². The molecular formula is C39H41N9O4S. The summed E-state index contributed by atoms with van der Waals surface area (Å²) in [4.78, 5) is 64.0. The number of pyridine rings is 1. The molecule has 1 aromatic carbocycles. The maximum absolute atomic E-state index is 14.3. The molecule has 14 heteroatoms. The fourth-order valence-electron chi connectivity index (χ4n) is 7.65. The van der Waals surface area contributed by atoms with Crippen molar-refractivity contribution in [3.05, 3.63) is 112 Å². The third kappa shape index (κ3) is 6.68. The number of nitrogens with zero attached hydrogens (tertiary/aromatic N) is 9. The van der Waals surface area contributed by atoms with Crippen molar-refractivity contribution >= 4 is 34.2 Å². The van der Waals surface area contributed by atoms with Gasteiger partial charge in [-0.1, -0.05) is 30.3 Å². The second-order valence-electron chi connectivity index (χ2n) is 14.3. The second kappa shape index (κ2) is 13.8. The van der Waals surface area contributed by atoms with Crippen molar-refractivity contribution in [1.82, 2.24) is 43.4 Å². The van der Waals surface area contributed by atoms with E-state index in [0.717, 1.165) is 21.8 Å². The average molecular weight is 732 g/mol. The fraction of sp³-hybridized carbons (Fsp3) is 0.359. The minimum Gasteiger partial charge on any atom is -0.388 e. The molecule has 272 valence electrons.